The molecule has 2 atom stereocenters. The first kappa shape index (κ1) is 12.8. The standard InChI is InChI=1S/C17H13BrN2O/c18-11-5-6-15-13(8-11)17(21)16(20-15)7-10-9-19-14-4-2-1-3-12(10)14/h1-6,8-10,16,20H,7H2. The highest BCUT2D eigenvalue weighted by molar-refractivity contribution is 9.10. The van der Waals surface area contributed by atoms with Crippen LogP contribution in [0.4, 0.5) is 11.4 Å². The lowest BCUT2D eigenvalue weighted by Crippen LogP contribution is -2.24. The number of ketones is 1. The third kappa shape index (κ3) is 2.10. The summed E-state index contributed by atoms with van der Waals surface area (Å²) in [6.07, 6.45) is 2.70. The summed E-state index contributed by atoms with van der Waals surface area (Å²) in [7, 11) is 0. The van der Waals surface area contributed by atoms with Crippen molar-refractivity contribution in [2.24, 2.45) is 4.99 Å². The predicted molar refractivity (Wildman–Crippen MR) is 87.8 cm³/mol. The van der Waals surface area contributed by atoms with Gasteiger partial charge in [-0.2, -0.15) is 0 Å². The fourth-order valence-electron chi connectivity index (χ4n) is 3.06. The molecule has 0 saturated heterocycles. The Bertz CT molecular complexity index is 769. The van der Waals surface area contributed by atoms with Gasteiger partial charge in [0.05, 0.1) is 11.7 Å². The lowest BCUT2D eigenvalue weighted by molar-refractivity contribution is 0.0975. The highest BCUT2D eigenvalue weighted by atomic mass is 79.9. The molecule has 0 saturated carbocycles. The van der Waals surface area contributed by atoms with E-state index in [0.717, 1.165) is 27.8 Å². The molecule has 0 aliphatic carbocycles. The van der Waals surface area contributed by atoms with Crippen molar-refractivity contribution in [3.63, 3.8) is 0 Å². The molecule has 4 heteroatoms. The number of anilines is 1. The Hall–Kier alpha value is -1.94. The molecular weight excluding hydrogens is 328 g/mol. The number of carbonyl (C=O) groups excluding carboxylic acids is 1. The average molecular weight is 341 g/mol. The average Bonchev–Trinajstić information content (AvgIpc) is 3.03. The minimum absolute atomic E-state index is 0.170. The van der Waals surface area contributed by atoms with Crippen molar-refractivity contribution in [2.75, 3.05) is 5.32 Å². The minimum Gasteiger partial charge on any atom is -0.374 e. The molecule has 0 spiro atoms. The number of fused-ring (bicyclic) bond motifs is 2. The van der Waals surface area contributed by atoms with Crippen LogP contribution in [-0.2, 0) is 0 Å². The number of rotatable bonds is 2. The van der Waals surface area contributed by atoms with Gasteiger partial charge in [0.15, 0.2) is 5.78 Å². The fourth-order valence-corrected chi connectivity index (χ4v) is 3.43. The summed E-state index contributed by atoms with van der Waals surface area (Å²) < 4.78 is 0.935. The molecule has 2 aliphatic heterocycles. The lowest BCUT2D eigenvalue weighted by atomic mass is 9.92. The summed E-state index contributed by atoms with van der Waals surface area (Å²) in [4.78, 5) is 17.0. The first-order valence-corrected chi connectivity index (χ1v) is 7.75. The van der Waals surface area contributed by atoms with Gasteiger partial charge in [0, 0.05) is 27.9 Å². The predicted octanol–water partition coefficient (Wildman–Crippen LogP) is 4.32. The quantitative estimate of drug-likeness (QED) is 0.884. The minimum atomic E-state index is -0.170. The Morgan fingerprint density at radius 3 is 2.95 bits per heavy atom. The van der Waals surface area contributed by atoms with Gasteiger partial charge in [-0.3, -0.25) is 9.79 Å². The monoisotopic (exact) mass is 340 g/mol. The number of hydrogen-bond acceptors (Lipinski definition) is 3. The maximum atomic E-state index is 12.5. The van der Waals surface area contributed by atoms with Crippen LogP contribution in [-0.4, -0.2) is 18.0 Å². The number of nitrogens with zero attached hydrogens (tertiary/aromatic N) is 1. The molecule has 21 heavy (non-hydrogen) atoms. The van der Waals surface area contributed by atoms with Crippen molar-refractivity contribution in [1.29, 1.82) is 0 Å². The summed E-state index contributed by atoms with van der Waals surface area (Å²) >= 11 is 3.42. The summed E-state index contributed by atoms with van der Waals surface area (Å²) in [5.74, 6) is 0.379. The Balaban J connectivity index is 1.58. The second-order valence-corrected chi connectivity index (χ2v) is 6.35. The van der Waals surface area contributed by atoms with Crippen molar-refractivity contribution in [2.45, 2.75) is 18.4 Å². The van der Waals surface area contributed by atoms with Gasteiger partial charge in [-0.15, -0.1) is 0 Å². The number of benzene rings is 2. The van der Waals surface area contributed by atoms with E-state index < -0.39 is 0 Å². The Kier molecular flexibility index (Phi) is 2.93. The molecule has 104 valence electrons. The van der Waals surface area contributed by atoms with Gasteiger partial charge in [0.2, 0.25) is 0 Å². The number of Topliss-reactive ketones (excluding diaryl/α,β-unsaturated/α-hetero) is 1. The van der Waals surface area contributed by atoms with Gasteiger partial charge in [-0.05, 0) is 36.2 Å². The second kappa shape index (κ2) is 4.81. The molecule has 3 nitrogen and oxygen atoms in total. The van der Waals surface area contributed by atoms with E-state index in [-0.39, 0.29) is 17.7 Å². The normalized spacial score (nSPS) is 22.0. The molecule has 0 bridgehead atoms. The summed E-state index contributed by atoms with van der Waals surface area (Å²) in [6.45, 7) is 0. The molecule has 0 aromatic heterocycles. The zero-order chi connectivity index (χ0) is 14.4. The third-order valence-electron chi connectivity index (χ3n) is 4.11. The SMILES string of the molecule is O=C1c2cc(Br)ccc2NC1CC1C=Nc2ccccc21. The zero-order valence-electron chi connectivity index (χ0n) is 11.2. The molecule has 4 rings (SSSR count). The smallest absolute Gasteiger partial charge is 0.187 e. The van der Waals surface area contributed by atoms with Gasteiger partial charge in [0.25, 0.3) is 0 Å². The van der Waals surface area contributed by atoms with Gasteiger partial charge >= 0.3 is 0 Å². The number of carbonyl (C=O) groups is 1. The van der Waals surface area contributed by atoms with Crippen LogP contribution in [0.3, 0.4) is 0 Å². The fraction of sp³-hybridized carbons (Fsp3) is 0.176. The summed E-state index contributed by atoms with van der Waals surface area (Å²) in [5.41, 5.74) is 3.94. The van der Waals surface area contributed by atoms with Gasteiger partial charge in [-0.25, -0.2) is 0 Å². The highest BCUT2D eigenvalue weighted by Crippen LogP contribution is 2.37. The van der Waals surface area contributed by atoms with E-state index in [1.165, 1.54) is 5.56 Å². The van der Waals surface area contributed by atoms with Crippen LogP contribution in [0, 0.1) is 0 Å². The van der Waals surface area contributed by atoms with E-state index in [1.54, 1.807) is 0 Å². The number of halogens is 1. The molecule has 1 N–H and O–H groups in total. The van der Waals surface area contributed by atoms with Crippen molar-refractivity contribution in [3.05, 3.63) is 58.1 Å². The number of aliphatic imine (C=N–C) groups is 1. The first-order valence-electron chi connectivity index (χ1n) is 6.96. The van der Waals surface area contributed by atoms with E-state index >= 15 is 0 Å². The Morgan fingerprint density at radius 1 is 1.19 bits per heavy atom. The third-order valence-corrected chi connectivity index (χ3v) is 4.61. The number of nitrogens with one attached hydrogen (secondary N) is 1. The van der Waals surface area contributed by atoms with Crippen molar-refractivity contribution < 1.29 is 4.79 Å². The van der Waals surface area contributed by atoms with Crippen LogP contribution in [0.2, 0.25) is 0 Å². The first-order chi connectivity index (χ1) is 10.2. The molecule has 2 aliphatic rings. The van der Waals surface area contributed by atoms with Crippen LogP contribution < -0.4 is 5.32 Å². The topological polar surface area (TPSA) is 41.5 Å². The molecule has 2 heterocycles. The largest absolute Gasteiger partial charge is 0.374 e. The summed E-state index contributed by atoms with van der Waals surface area (Å²) in [6, 6.07) is 13.7. The molecule has 2 aromatic carbocycles. The molecule has 0 radical (unpaired) electrons. The van der Waals surface area contributed by atoms with Crippen LogP contribution in [0.5, 0.6) is 0 Å². The van der Waals surface area contributed by atoms with Crippen LogP contribution in [0.1, 0.15) is 28.3 Å². The van der Waals surface area contributed by atoms with E-state index in [0.29, 0.717) is 0 Å². The number of para-hydroxylation sites is 1. The van der Waals surface area contributed by atoms with Crippen molar-refractivity contribution in [3.8, 4) is 0 Å². The van der Waals surface area contributed by atoms with Crippen LogP contribution in [0.25, 0.3) is 0 Å². The maximum Gasteiger partial charge on any atom is 0.187 e. The van der Waals surface area contributed by atoms with Crippen molar-refractivity contribution >= 4 is 39.3 Å². The molecule has 2 unspecified atom stereocenters. The maximum absolute atomic E-state index is 12.5. The summed E-state index contributed by atoms with van der Waals surface area (Å²) in [5, 5.41) is 3.34. The van der Waals surface area contributed by atoms with Gasteiger partial charge in [0.1, 0.15) is 0 Å². The number of hydrogen-bond donors (Lipinski definition) is 1. The van der Waals surface area contributed by atoms with Crippen LogP contribution in [0.15, 0.2) is 51.9 Å². The molecule has 0 fully saturated rings. The van der Waals surface area contributed by atoms with E-state index in [2.05, 4.69) is 32.3 Å². The van der Waals surface area contributed by atoms with E-state index in [1.807, 2.05) is 42.6 Å². The van der Waals surface area contributed by atoms with E-state index in [9.17, 15) is 4.79 Å². The van der Waals surface area contributed by atoms with Gasteiger partial charge in [-0.1, -0.05) is 34.1 Å². The van der Waals surface area contributed by atoms with Crippen molar-refractivity contribution in [1.82, 2.24) is 0 Å². The van der Waals surface area contributed by atoms with Crippen LogP contribution >= 0.6 is 15.9 Å². The second-order valence-electron chi connectivity index (χ2n) is 5.43. The highest BCUT2D eigenvalue weighted by Gasteiger charge is 2.33. The zero-order valence-corrected chi connectivity index (χ0v) is 12.8. The molecule has 2 aromatic rings. The Labute approximate surface area is 131 Å². The molecular formula is C17H13BrN2O. The molecule has 0 amide bonds. The van der Waals surface area contributed by atoms with Gasteiger partial charge < -0.3 is 5.32 Å². The lowest BCUT2D eigenvalue weighted by Gasteiger charge is -2.14. The Morgan fingerprint density at radius 2 is 2.05 bits per heavy atom. The van der Waals surface area contributed by atoms with E-state index in [4.69, 9.17) is 0 Å².